The zero-order chi connectivity index (χ0) is 13.6. The Morgan fingerprint density at radius 2 is 1.78 bits per heavy atom. The van der Waals surface area contributed by atoms with E-state index in [1.165, 1.54) is 0 Å². The van der Waals surface area contributed by atoms with Gasteiger partial charge in [-0.3, -0.25) is 9.78 Å². The first kappa shape index (κ1) is 13.2. The molecule has 0 amide bonds. The van der Waals surface area contributed by atoms with Crippen LogP contribution in [0.5, 0.6) is 0 Å². The SMILES string of the molecule is Cc1cnc(B2OC(C)(C)C(C)(C)O2)cc1C=O. The second kappa shape index (κ2) is 4.18. The van der Waals surface area contributed by atoms with Crippen molar-refractivity contribution in [1.29, 1.82) is 0 Å². The molecule has 1 aliphatic rings. The Morgan fingerprint density at radius 3 is 2.28 bits per heavy atom. The lowest BCUT2D eigenvalue weighted by atomic mass is 9.83. The lowest BCUT2D eigenvalue weighted by Crippen LogP contribution is -2.41. The Hall–Kier alpha value is -1.20. The van der Waals surface area contributed by atoms with Gasteiger partial charge in [-0.05, 0) is 46.2 Å². The summed E-state index contributed by atoms with van der Waals surface area (Å²) in [6.45, 7) is 9.80. The van der Waals surface area contributed by atoms with E-state index in [9.17, 15) is 4.79 Å². The third-order valence-corrected chi connectivity index (χ3v) is 3.79. The van der Waals surface area contributed by atoms with Crippen LogP contribution in [-0.2, 0) is 9.31 Å². The first-order chi connectivity index (χ1) is 8.27. The standard InChI is InChI=1S/C13H18BNO3/c1-9-7-15-11(6-10(9)8-16)14-17-12(2,3)13(4,5)18-14/h6-8H,1-5H3. The molecule has 0 unspecified atom stereocenters. The minimum Gasteiger partial charge on any atom is -0.398 e. The molecular formula is C13H18BNO3. The Bertz CT molecular complexity index is 469. The predicted molar refractivity (Wildman–Crippen MR) is 70.1 cm³/mol. The van der Waals surface area contributed by atoms with Gasteiger partial charge >= 0.3 is 7.12 Å². The lowest BCUT2D eigenvalue weighted by Gasteiger charge is -2.32. The minimum absolute atomic E-state index is 0.397. The summed E-state index contributed by atoms with van der Waals surface area (Å²) in [5.41, 5.74) is 1.32. The summed E-state index contributed by atoms with van der Waals surface area (Å²) in [5.74, 6) is 0. The van der Waals surface area contributed by atoms with E-state index < -0.39 is 18.3 Å². The molecule has 0 aromatic carbocycles. The number of hydrogen-bond acceptors (Lipinski definition) is 4. The van der Waals surface area contributed by atoms with Gasteiger partial charge in [-0.2, -0.15) is 0 Å². The Balaban J connectivity index is 2.32. The summed E-state index contributed by atoms with van der Waals surface area (Å²) < 4.78 is 11.8. The average molecular weight is 247 g/mol. The van der Waals surface area contributed by atoms with Crippen LogP contribution in [0.2, 0.25) is 0 Å². The number of pyridine rings is 1. The molecule has 1 fully saturated rings. The normalized spacial score (nSPS) is 21.1. The molecule has 0 saturated carbocycles. The maximum absolute atomic E-state index is 10.9. The van der Waals surface area contributed by atoms with Gasteiger partial charge in [0, 0.05) is 11.8 Å². The molecule has 5 heteroatoms. The quantitative estimate of drug-likeness (QED) is 0.587. The molecule has 1 aliphatic heterocycles. The first-order valence-corrected chi connectivity index (χ1v) is 6.04. The lowest BCUT2D eigenvalue weighted by molar-refractivity contribution is 0.00578. The Morgan fingerprint density at radius 1 is 1.22 bits per heavy atom. The van der Waals surface area contributed by atoms with E-state index in [1.54, 1.807) is 12.3 Å². The van der Waals surface area contributed by atoms with Gasteiger partial charge in [0.1, 0.15) is 6.29 Å². The molecule has 0 bridgehead atoms. The smallest absolute Gasteiger partial charge is 0.398 e. The van der Waals surface area contributed by atoms with Crippen molar-refractivity contribution in [3.05, 3.63) is 23.4 Å². The van der Waals surface area contributed by atoms with Gasteiger partial charge in [0.2, 0.25) is 0 Å². The van der Waals surface area contributed by atoms with Crippen molar-refractivity contribution in [3.8, 4) is 0 Å². The topological polar surface area (TPSA) is 48.4 Å². The van der Waals surface area contributed by atoms with Crippen molar-refractivity contribution in [3.63, 3.8) is 0 Å². The van der Waals surface area contributed by atoms with E-state index in [-0.39, 0.29) is 0 Å². The van der Waals surface area contributed by atoms with Gasteiger partial charge in [-0.25, -0.2) is 0 Å². The molecule has 4 nitrogen and oxygen atoms in total. The van der Waals surface area contributed by atoms with Crippen LogP contribution in [0.4, 0.5) is 0 Å². The van der Waals surface area contributed by atoms with Crippen LogP contribution in [0.1, 0.15) is 43.6 Å². The van der Waals surface area contributed by atoms with Crippen molar-refractivity contribution in [2.24, 2.45) is 0 Å². The summed E-state index contributed by atoms with van der Waals surface area (Å²) in [5, 5.41) is 0. The van der Waals surface area contributed by atoms with E-state index in [0.29, 0.717) is 11.2 Å². The minimum atomic E-state index is -0.519. The third-order valence-electron chi connectivity index (χ3n) is 3.79. The van der Waals surface area contributed by atoms with Crippen LogP contribution >= 0.6 is 0 Å². The summed E-state index contributed by atoms with van der Waals surface area (Å²) in [6, 6.07) is 1.73. The molecule has 0 spiro atoms. The molecule has 2 rings (SSSR count). The summed E-state index contributed by atoms with van der Waals surface area (Å²) in [6.07, 6.45) is 2.50. The van der Waals surface area contributed by atoms with E-state index >= 15 is 0 Å². The second-order valence-corrected chi connectivity index (χ2v) is 5.67. The number of rotatable bonds is 2. The molecule has 1 saturated heterocycles. The fourth-order valence-corrected chi connectivity index (χ4v) is 1.78. The maximum atomic E-state index is 10.9. The molecular weight excluding hydrogens is 229 g/mol. The van der Waals surface area contributed by atoms with Crippen LogP contribution < -0.4 is 5.59 Å². The molecule has 1 aromatic rings. The molecule has 18 heavy (non-hydrogen) atoms. The van der Waals surface area contributed by atoms with Gasteiger partial charge in [0.05, 0.1) is 16.8 Å². The van der Waals surface area contributed by atoms with Crippen LogP contribution in [0, 0.1) is 6.92 Å². The van der Waals surface area contributed by atoms with Crippen LogP contribution in [0.25, 0.3) is 0 Å². The highest BCUT2D eigenvalue weighted by molar-refractivity contribution is 6.61. The second-order valence-electron chi connectivity index (χ2n) is 5.67. The molecule has 0 N–H and O–H groups in total. The van der Waals surface area contributed by atoms with Gasteiger partial charge < -0.3 is 9.31 Å². The fraction of sp³-hybridized carbons (Fsp3) is 0.538. The number of nitrogens with zero attached hydrogens (tertiary/aromatic N) is 1. The predicted octanol–water partition coefficient (Wildman–Crippen LogP) is 1.50. The van der Waals surface area contributed by atoms with Crippen LogP contribution in [0.3, 0.4) is 0 Å². The van der Waals surface area contributed by atoms with E-state index in [2.05, 4.69) is 4.98 Å². The molecule has 0 atom stereocenters. The van der Waals surface area contributed by atoms with Gasteiger partial charge in [0.25, 0.3) is 0 Å². The number of aromatic nitrogens is 1. The summed E-state index contributed by atoms with van der Waals surface area (Å²) >= 11 is 0. The number of aryl methyl sites for hydroxylation is 1. The van der Waals surface area contributed by atoms with Gasteiger partial charge in [-0.1, -0.05) is 0 Å². The monoisotopic (exact) mass is 247 g/mol. The highest BCUT2D eigenvalue weighted by Gasteiger charge is 2.52. The summed E-state index contributed by atoms with van der Waals surface area (Å²) in [4.78, 5) is 15.2. The highest BCUT2D eigenvalue weighted by Crippen LogP contribution is 2.36. The van der Waals surface area contributed by atoms with E-state index in [0.717, 1.165) is 11.8 Å². The van der Waals surface area contributed by atoms with Crippen molar-refractivity contribution in [2.45, 2.75) is 45.8 Å². The fourth-order valence-electron chi connectivity index (χ4n) is 1.78. The molecule has 1 aromatic heterocycles. The number of hydrogen-bond donors (Lipinski definition) is 0. The van der Waals surface area contributed by atoms with Crippen molar-refractivity contribution in [2.75, 3.05) is 0 Å². The zero-order valence-corrected chi connectivity index (χ0v) is 11.5. The third kappa shape index (κ3) is 2.08. The van der Waals surface area contributed by atoms with Crippen molar-refractivity contribution >= 4 is 19.0 Å². The van der Waals surface area contributed by atoms with Gasteiger partial charge in [0.15, 0.2) is 0 Å². The maximum Gasteiger partial charge on any atom is 0.514 e. The Labute approximate surface area is 108 Å². The van der Waals surface area contributed by atoms with Crippen LogP contribution in [0.15, 0.2) is 12.3 Å². The Kier molecular flexibility index (Phi) is 3.07. The summed E-state index contributed by atoms with van der Waals surface area (Å²) in [7, 11) is -0.519. The first-order valence-electron chi connectivity index (χ1n) is 6.04. The molecule has 96 valence electrons. The van der Waals surface area contributed by atoms with Crippen LogP contribution in [-0.4, -0.2) is 29.6 Å². The number of aldehydes is 1. The van der Waals surface area contributed by atoms with E-state index in [4.69, 9.17) is 9.31 Å². The number of carbonyl (C=O) groups is 1. The molecule has 0 radical (unpaired) electrons. The largest absolute Gasteiger partial charge is 0.514 e. The molecule has 2 heterocycles. The molecule has 0 aliphatic carbocycles. The average Bonchev–Trinajstić information content (AvgIpc) is 2.49. The highest BCUT2D eigenvalue weighted by atomic mass is 16.7. The zero-order valence-electron chi connectivity index (χ0n) is 11.5. The number of carbonyl (C=O) groups excluding carboxylic acids is 1. The van der Waals surface area contributed by atoms with E-state index in [1.807, 2.05) is 34.6 Å². The van der Waals surface area contributed by atoms with Gasteiger partial charge in [-0.15, -0.1) is 0 Å². The van der Waals surface area contributed by atoms with Crippen molar-refractivity contribution in [1.82, 2.24) is 4.98 Å². The van der Waals surface area contributed by atoms with Crippen molar-refractivity contribution < 1.29 is 14.1 Å².